The molecule has 0 radical (unpaired) electrons. The molecule has 0 atom stereocenters. The SMILES string of the molecule is O=C(NCCc1ccccc1)NCc1cccc(CNC(=O)c2cccc(Cl)c2)c1. The zero-order valence-electron chi connectivity index (χ0n) is 16.5. The number of benzene rings is 3. The van der Waals surface area contributed by atoms with Crippen molar-refractivity contribution in [3.8, 4) is 0 Å². The first kappa shape index (κ1) is 21.4. The van der Waals surface area contributed by atoms with Crippen molar-refractivity contribution in [2.24, 2.45) is 0 Å². The second-order valence-electron chi connectivity index (χ2n) is 6.86. The third-order valence-corrected chi connectivity index (χ3v) is 4.76. The van der Waals surface area contributed by atoms with Crippen molar-refractivity contribution in [1.82, 2.24) is 16.0 Å². The molecule has 3 rings (SSSR count). The van der Waals surface area contributed by atoms with E-state index in [4.69, 9.17) is 11.6 Å². The minimum absolute atomic E-state index is 0.182. The first-order valence-corrected chi connectivity index (χ1v) is 10.1. The Hall–Kier alpha value is -3.31. The van der Waals surface area contributed by atoms with Gasteiger partial charge in [0.2, 0.25) is 0 Å². The van der Waals surface area contributed by atoms with E-state index in [-0.39, 0.29) is 11.9 Å². The first-order chi connectivity index (χ1) is 14.6. The fraction of sp³-hybridized carbons (Fsp3) is 0.167. The van der Waals surface area contributed by atoms with E-state index in [9.17, 15) is 9.59 Å². The van der Waals surface area contributed by atoms with Crippen LogP contribution in [-0.2, 0) is 19.5 Å². The molecule has 3 aromatic carbocycles. The number of carbonyl (C=O) groups is 2. The van der Waals surface area contributed by atoms with Crippen molar-refractivity contribution in [3.05, 3.63) is 106 Å². The van der Waals surface area contributed by atoms with Crippen LogP contribution in [0, 0.1) is 0 Å². The minimum atomic E-state index is -0.203. The lowest BCUT2D eigenvalue weighted by Gasteiger charge is -2.10. The number of carbonyl (C=O) groups excluding carboxylic acids is 2. The quantitative estimate of drug-likeness (QED) is 0.507. The molecule has 6 heteroatoms. The van der Waals surface area contributed by atoms with E-state index in [2.05, 4.69) is 16.0 Å². The lowest BCUT2D eigenvalue weighted by atomic mass is 10.1. The Balaban J connectivity index is 1.42. The lowest BCUT2D eigenvalue weighted by molar-refractivity contribution is 0.0951. The summed E-state index contributed by atoms with van der Waals surface area (Å²) in [6, 6.07) is 24.4. The van der Waals surface area contributed by atoms with Gasteiger partial charge in [0.15, 0.2) is 0 Å². The Morgan fingerprint density at radius 2 is 1.37 bits per heavy atom. The van der Waals surface area contributed by atoms with Gasteiger partial charge in [-0.15, -0.1) is 0 Å². The molecule has 3 N–H and O–H groups in total. The molecule has 0 aliphatic heterocycles. The number of halogens is 1. The molecule has 0 fully saturated rings. The standard InChI is InChI=1S/C24H24ClN3O2/c25-22-11-5-10-21(15-22)23(29)27-16-19-8-4-9-20(14-19)17-28-24(30)26-13-12-18-6-2-1-3-7-18/h1-11,14-15H,12-13,16-17H2,(H,27,29)(H2,26,28,30). The maximum atomic E-state index is 12.2. The lowest BCUT2D eigenvalue weighted by Crippen LogP contribution is -2.36. The van der Waals surface area contributed by atoms with Crippen LogP contribution < -0.4 is 16.0 Å². The Labute approximate surface area is 181 Å². The highest BCUT2D eigenvalue weighted by atomic mass is 35.5. The van der Waals surface area contributed by atoms with Crippen LogP contribution in [0.4, 0.5) is 4.79 Å². The molecular weight excluding hydrogens is 398 g/mol. The van der Waals surface area contributed by atoms with Crippen LogP contribution >= 0.6 is 11.6 Å². The van der Waals surface area contributed by atoms with Crippen LogP contribution in [0.25, 0.3) is 0 Å². The summed E-state index contributed by atoms with van der Waals surface area (Å²) in [4.78, 5) is 24.2. The molecule has 0 unspecified atom stereocenters. The Bertz CT molecular complexity index is 993. The highest BCUT2D eigenvalue weighted by Gasteiger charge is 2.06. The normalized spacial score (nSPS) is 10.3. The number of nitrogens with one attached hydrogen (secondary N) is 3. The Morgan fingerprint density at radius 1 is 0.700 bits per heavy atom. The fourth-order valence-corrected chi connectivity index (χ4v) is 3.16. The van der Waals surface area contributed by atoms with Crippen molar-refractivity contribution >= 4 is 23.5 Å². The molecule has 0 aliphatic rings. The van der Waals surface area contributed by atoms with Crippen LogP contribution in [0.1, 0.15) is 27.0 Å². The second-order valence-corrected chi connectivity index (χ2v) is 7.29. The molecular formula is C24H24ClN3O2. The highest BCUT2D eigenvalue weighted by Crippen LogP contribution is 2.11. The summed E-state index contributed by atoms with van der Waals surface area (Å²) in [6.45, 7) is 1.38. The van der Waals surface area contributed by atoms with E-state index in [1.54, 1.807) is 24.3 Å². The maximum absolute atomic E-state index is 12.2. The molecule has 154 valence electrons. The van der Waals surface area contributed by atoms with Crippen LogP contribution in [0.15, 0.2) is 78.9 Å². The zero-order chi connectivity index (χ0) is 21.2. The molecule has 0 saturated heterocycles. The smallest absolute Gasteiger partial charge is 0.315 e. The summed E-state index contributed by atoms with van der Waals surface area (Å²) in [5.41, 5.74) is 3.62. The number of hydrogen-bond donors (Lipinski definition) is 3. The zero-order valence-corrected chi connectivity index (χ0v) is 17.3. The van der Waals surface area contributed by atoms with Crippen molar-refractivity contribution < 1.29 is 9.59 Å². The van der Waals surface area contributed by atoms with E-state index in [1.165, 1.54) is 5.56 Å². The van der Waals surface area contributed by atoms with Gasteiger partial charge in [-0.2, -0.15) is 0 Å². The van der Waals surface area contributed by atoms with Gasteiger partial charge in [0.1, 0.15) is 0 Å². The predicted molar refractivity (Wildman–Crippen MR) is 119 cm³/mol. The predicted octanol–water partition coefficient (Wildman–Crippen LogP) is 4.31. The largest absolute Gasteiger partial charge is 0.348 e. The average molecular weight is 422 g/mol. The van der Waals surface area contributed by atoms with Gasteiger partial charge in [0.05, 0.1) is 0 Å². The van der Waals surface area contributed by atoms with Gasteiger partial charge in [-0.05, 0) is 41.3 Å². The summed E-state index contributed by atoms with van der Waals surface area (Å²) in [7, 11) is 0. The maximum Gasteiger partial charge on any atom is 0.315 e. The minimum Gasteiger partial charge on any atom is -0.348 e. The third kappa shape index (κ3) is 6.94. The highest BCUT2D eigenvalue weighted by molar-refractivity contribution is 6.30. The summed E-state index contributed by atoms with van der Waals surface area (Å²) in [5.74, 6) is -0.182. The molecule has 3 aromatic rings. The van der Waals surface area contributed by atoms with E-state index < -0.39 is 0 Å². The molecule has 3 amide bonds. The average Bonchev–Trinajstić information content (AvgIpc) is 2.77. The van der Waals surface area contributed by atoms with Gasteiger partial charge in [0, 0.05) is 30.2 Å². The molecule has 30 heavy (non-hydrogen) atoms. The van der Waals surface area contributed by atoms with Gasteiger partial charge in [-0.3, -0.25) is 4.79 Å². The monoisotopic (exact) mass is 421 g/mol. The Kier molecular flexibility index (Phi) is 7.86. The van der Waals surface area contributed by atoms with Gasteiger partial charge >= 0.3 is 6.03 Å². The van der Waals surface area contributed by atoms with E-state index in [0.717, 1.165) is 17.5 Å². The molecule has 0 saturated carbocycles. The number of amides is 3. The summed E-state index contributed by atoms with van der Waals surface area (Å²) in [5, 5.41) is 9.12. The molecule has 0 spiro atoms. The second kappa shape index (κ2) is 11.0. The van der Waals surface area contributed by atoms with Crippen molar-refractivity contribution in [3.63, 3.8) is 0 Å². The topological polar surface area (TPSA) is 70.2 Å². The van der Waals surface area contributed by atoms with Gasteiger partial charge < -0.3 is 16.0 Å². The van der Waals surface area contributed by atoms with Crippen LogP contribution in [0.2, 0.25) is 5.02 Å². The number of hydrogen-bond acceptors (Lipinski definition) is 2. The van der Waals surface area contributed by atoms with Crippen molar-refractivity contribution in [2.75, 3.05) is 6.54 Å². The first-order valence-electron chi connectivity index (χ1n) is 9.77. The molecule has 0 aromatic heterocycles. The summed E-state index contributed by atoms with van der Waals surface area (Å²) in [6.07, 6.45) is 0.788. The molecule has 5 nitrogen and oxygen atoms in total. The van der Waals surface area contributed by atoms with E-state index in [1.807, 2.05) is 54.6 Å². The fourth-order valence-electron chi connectivity index (χ4n) is 2.97. The summed E-state index contributed by atoms with van der Waals surface area (Å²) < 4.78 is 0. The van der Waals surface area contributed by atoms with Crippen LogP contribution in [-0.4, -0.2) is 18.5 Å². The van der Waals surface area contributed by atoms with E-state index in [0.29, 0.717) is 30.2 Å². The number of rotatable bonds is 8. The third-order valence-electron chi connectivity index (χ3n) is 4.53. The van der Waals surface area contributed by atoms with Gasteiger partial charge in [0.25, 0.3) is 5.91 Å². The van der Waals surface area contributed by atoms with Crippen molar-refractivity contribution in [2.45, 2.75) is 19.5 Å². The van der Waals surface area contributed by atoms with Crippen molar-refractivity contribution in [1.29, 1.82) is 0 Å². The van der Waals surface area contributed by atoms with Gasteiger partial charge in [-0.25, -0.2) is 4.79 Å². The molecule has 0 bridgehead atoms. The molecule has 0 heterocycles. The summed E-state index contributed by atoms with van der Waals surface area (Å²) >= 11 is 5.93. The Morgan fingerprint density at radius 3 is 2.10 bits per heavy atom. The van der Waals surface area contributed by atoms with Crippen LogP contribution in [0.5, 0.6) is 0 Å². The van der Waals surface area contributed by atoms with Crippen LogP contribution in [0.3, 0.4) is 0 Å². The van der Waals surface area contributed by atoms with E-state index >= 15 is 0 Å². The number of urea groups is 1. The molecule has 0 aliphatic carbocycles. The van der Waals surface area contributed by atoms with Gasteiger partial charge in [-0.1, -0.05) is 72.3 Å².